The molecule has 0 N–H and O–H groups in total. The van der Waals surface area contributed by atoms with Gasteiger partial charge in [0, 0.05) is 24.9 Å². The Labute approximate surface area is 205 Å². The maximum Gasteiger partial charge on any atom is 0.309 e. The predicted octanol–water partition coefficient (Wildman–Crippen LogP) is 4.09. The number of furan rings is 1. The van der Waals surface area contributed by atoms with E-state index in [0.717, 1.165) is 16.8 Å². The summed E-state index contributed by atoms with van der Waals surface area (Å²) >= 11 is 0. The zero-order chi connectivity index (χ0) is 25.2. The zero-order valence-electron chi connectivity index (χ0n) is 20.8. The highest BCUT2D eigenvalue weighted by Crippen LogP contribution is 2.33. The first-order valence-electron chi connectivity index (χ1n) is 12.1. The van der Waals surface area contributed by atoms with E-state index in [9.17, 15) is 14.4 Å². The normalized spacial score (nSPS) is 19.0. The van der Waals surface area contributed by atoms with Gasteiger partial charge in [-0.25, -0.2) is 5.01 Å². The molecule has 1 aromatic heterocycles. The summed E-state index contributed by atoms with van der Waals surface area (Å²) in [5, 5.41) is 5.94. The Hall–Kier alpha value is -3.42. The quantitative estimate of drug-likeness (QED) is 0.602. The molecule has 2 aliphatic heterocycles. The van der Waals surface area contributed by atoms with E-state index in [0.29, 0.717) is 38.1 Å². The Morgan fingerprint density at radius 1 is 1.09 bits per heavy atom. The number of carbonyl (C=O) groups is 3. The molecule has 8 nitrogen and oxygen atoms in total. The van der Waals surface area contributed by atoms with Crippen molar-refractivity contribution in [1.29, 1.82) is 0 Å². The van der Waals surface area contributed by atoms with Gasteiger partial charge in [-0.1, -0.05) is 50.6 Å². The molecule has 0 spiro atoms. The summed E-state index contributed by atoms with van der Waals surface area (Å²) in [6, 6.07) is 11.2. The Balaban J connectivity index is 1.37. The van der Waals surface area contributed by atoms with Crippen LogP contribution in [-0.2, 0) is 19.1 Å². The van der Waals surface area contributed by atoms with Gasteiger partial charge in [0.1, 0.15) is 11.8 Å². The number of rotatable bonds is 5. The number of ether oxygens (including phenoxy) is 1. The molecule has 1 aromatic carbocycles. The molecule has 0 unspecified atom stereocenters. The molecule has 186 valence electrons. The van der Waals surface area contributed by atoms with Gasteiger partial charge >= 0.3 is 5.97 Å². The number of carbonyl (C=O) groups excluding carboxylic acids is 3. The van der Waals surface area contributed by atoms with Gasteiger partial charge in [-0.15, -0.1) is 0 Å². The van der Waals surface area contributed by atoms with Gasteiger partial charge in [0.2, 0.25) is 5.91 Å². The molecule has 2 aromatic rings. The standard InChI is InChI=1S/C27H33N3O5/c1-18-7-9-19(10-8-18)21-16-22(23-6-5-15-34-23)30(28-21)24(31)17-35-25(32)20-11-13-29(14-12-20)26(33)27(2,3)4/h5-10,15,20,22H,11-14,16-17H2,1-4H3/t22-/m0/s1. The van der Waals surface area contributed by atoms with Crippen LogP contribution in [0.25, 0.3) is 0 Å². The fourth-order valence-corrected chi connectivity index (χ4v) is 4.47. The SMILES string of the molecule is Cc1ccc(C2=NN(C(=O)COC(=O)C3CCN(C(=O)C(C)(C)C)CC3)[C@H](c3ccco3)C2)cc1. The van der Waals surface area contributed by atoms with Crippen molar-refractivity contribution in [2.75, 3.05) is 19.7 Å². The van der Waals surface area contributed by atoms with Gasteiger partial charge in [-0.3, -0.25) is 14.4 Å². The van der Waals surface area contributed by atoms with E-state index >= 15 is 0 Å². The van der Waals surface area contributed by atoms with Crippen LogP contribution < -0.4 is 0 Å². The summed E-state index contributed by atoms with van der Waals surface area (Å²) in [6.07, 6.45) is 3.14. The van der Waals surface area contributed by atoms with E-state index in [4.69, 9.17) is 9.15 Å². The van der Waals surface area contributed by atoms with Gasteiger partial charge in [0.15, 0.2) is 6.61 Å². The number of hydrogen-bond acceptors (Lipinski definition) is 6. The van der Waals surface area contributed by atoms with Gasteiger partial charge in [-0.05, 0) is 37.5 Å². The van der Waals surface area contributed by atoms with Crippen molar-refractivity contribution >= 4 is 23.5 Å². The predicted molar refractivity (Wildman–Crippen MR) is 130 cm³/mol. The van der Waals surface area contributed by atoms with Crippen LogP contribution >= 0.6 is 0 Å². The van der Waals surface area contributed by atoms with Crippen LogP contribution in [0, 0.1) is 18.3 Å². The first-order valence-corrected chi connectivity index (χ1v) is 12.1. The summed E-state index contributed by atoms with van der Waals surface area (Å²) in [5.41, 5.74) is 2.42. The molecule has 0 saturated carbocycles. The van der Waals surface area contributed by atoms with E-state index < -0.39 is 17.3 Å². The minimum atomic E-state index is -0.446. The Kier molecular flexibility index (Phi) is 7.10. The maximum absolute atomic E-state index is 13.1. The van der Waals surface area contributed by atoms with Crippen LogP contribution in [0.3, 0.4) is 0 Å². The van der Waals surface area contributed by atoms with Crippen LogP contribution in [0.1, 0.15) is 63.0 Å². The van der Waals surface area contributed by atoms with Gasteiger partial charge in [0.05, 0.1) is 17.9 Å². The topological polar surface area (TPSA) is 92.4 Å². The average Bonchev–Trinajstić information content (AvgIpc) is 3.52. The number of hydrogen-bond donors (Lipinski definition) is 0. The molecule has 1 atom stereocenters. The number of aryl methyl sites for hydroxylation is 1. The Morgan fingerprint density at radius 3 is 2.37 bits per heavy atom. The monoisotopic (exact) mass is 479 g/mol. The van der Waals surface area contributed by atoms with Crippen LogP contribution in [-0.4, -0.2) is 53.1 Å². The summed E-state index contributed by atoms with van der Waals surface area (Å²) in [5.74, 6) is -0.413. The van der Waals surface area contributed by atoms with Crippen LogP contribution in [0.15, 0.2) is 52.2 Å². The number of benzene rings is 1. The zero-order valence-corrected chi connectivity index (χ0v) is 20.8. The highest BCUT2D eigenvalue weighted by Gasteiger charge is 2.36. The van der Waals surface area contributed by atoms with E-state index in [1.807, 2.05) is 58.0 Å². The number of nitrogens with zero attached hydrogens (tertiary/aromatic N) is 3. The van der Waals surface area contributed by atoms with E-state index in [-0.39, 0.29) is 24.5 Å². The van der Waals surface area contributed by atoms with Crippen LogP contribution in [0.5, 0.6) is 0 Å². The molecule has 35 heavy (non-hydrogen) atoms. The third-order valence-corrected chi connectivity index (χ3v) is 6.52. The summed E-state index contributed by atoms with van der Waals surface area (Å²) in [7, 11) is 0. The van der Waals surface area contributed by atoms with E-state index in [1.165, 1.54) is 5.01 Å². The third kappa shape index (κ3) is 5.63. The Morgan fingerprint density at radius 2 is 1.77 bits per heavy atom. The molecule has 4 rings (SSSR count). The lowest BCUT2D eigenvalue weighted by Crippen LogP contribution is -2.45. The number of hydrazone groups is 1. The number of esters is 1. The molecule has 8 heteroatoms. The minimum absolute atomic E-state index is 0.0831. The van der Waals surface area contributed by atoms with Crippen molar-refractivity contribution in [3.05, 3.63) is 59.5 Å². The smallest absolute Gasteiger partial charge is 0.309 e. The van der Waals surface area contributed by atoms with Gasteiger partial charge < -0.3 is 14.1 Å². The molecular weight excluding hydrogens is 446 g/mol. The lowest BCUT2D eigenvalue weighted by molar-refractivity contribution is -0.158. The van der Waals surface area contributed by atoms with Crippen molar-refractivity contribution in [1.82, 2.24) is 9.91 Å². The number of amides is 2. The fraction of sp³-hybridized carbons (Fsp3) is 0.481. The largest absolute Gasteiger partial charge is 0.467 e. The van der Waals surface area contributed by atoms with Crippen molar-refractivity contribution in [2.24, 2.45) is 16.4 Å². The second kappa shape index (κ2) is 10.1. The molecule has 0 radical (unpaired) electrons. The minimum Gasteiger partial charge on any atom is -0.467 e. The highest BCUT2D eigenvalue weighted by molar-refractivity contribution is 6.03. The molecule has 1 saturated heterocycles. The maximum atomic E-state index is 13.1. The molecular formula is C27H33N3O5. The number of piperidine rings is 1. The molecule has 0 bridgehead atoms. The molecule has 2 amide bonds. The average molecular weight is 480 g/mol. The number of likely N-dealkylation sites (tertiary alicyclic amines) is 1. The molecule has 0 aliphatic carbocycles. The van der Waals surface area contributed by atoms with E-state index in [1.54, 1.807) is 17.2 Å². The van der Waals surface area contributed by atoms with Crippen molar-refractivity contribution < 1.29 is 23.5 Å². The van der Waals surface area contributed by atoms with Crippen LogP contribution in [0.4, 0.5) is 0 Å². The molecule has 3 heterocycles. The Bertz CT molecular complexity index is 1090. The molecule has 1 fully saturated rings. The van der Waals surface area contributed by atoms with E-state index in [2.05, 4.69) is 5.10 Å². The second-order valence-electron chi connectivity index (χ2n) is 10.3. The van der Waals surface area contributed by atoms with Crippen LogP contribution in [0.2, 0.25) is 0 Å². The van der Waals surface area contributed by atoms with Gasteiger partial charge in [-0.2, -0.15) is 5.10 Å². The summed E-state index contributed by atoms with van der Waals surface area (Å²) in [6.45, 7) is 8.33. The fourth-order valence-electron chi connectivity index (χ4n) is 4.47. The summed E-state index contributed by atoms with van der Waals surface area (Å²) in [4.78, 5) is 40.0. The second-order valence-corrected chi connectivity index (χ2v) is 10.3. The first kappa shape index (κ1) is 24.7. The lowest BCUT2D eigenvalue weighted by Gasteiger charge is -2.35. The third-order valence-electron chi connectivity index (χ3n) is 6.52. The van der Waals surface area contributed by atoms with Crippen molar-refractivity contribution in [3.63, 3.8) is 0 Å². The van der Waals surface area contributed by atoms with Gasteiger partial charge in [0.25, 0.3) is 5.91 Å². The van der Waals surface area contributed by atoms with Crippen molar-refractivity contribution in [3.8, 4) is 0 Å². The highest BCUT2D eigenvalue weighted by atomic mass is 16.5. The summed E-state index contributed by atoms with van der Waals surface area (Å²) < 4.78 is 11.0. The molecule has 2 aliphatic rings. The first-order chi connectivity index (χ1) is 16.6. The van der Waals surface area contributed by atoms with Crippen molar-refractivity contribution in [2.45, 2.75) is 53.0 Å². The lowest BCUT2D eigenvalue weighted by atomic mass is 9.91.